The molecule has 0 N–H and O–H groups in total. The van der Waals surface area contributed by atoms with Crippen molar-refractivity contribution in [2.45, 2.75) is 39.0 Å². The number of benzene rings is 2. The third-order valence-corrected chi connectivity index (χ3v) is 6.38. The lowest BCUT2D eigenvalue weighted by atomic mass is 9.69. The van der Waals surface area contributed by atoms with Crippen molar-refractivity contribution in [1.29, 1.82) is 0 Å². The molecule has 0 bridgehead atoms. The summed E-state index contributed by atoms with van der Waals surface area (Å²) in [6.45, 7) is 4.01. The van der Waals surface area contributed by atoms with Gasteiger partial charge in [-0.1, -0.05) is 55.2 Å². The molecule has 1 amide bonds. The van der Waals surface area contributed by atoms with E-state index in [4.69, 9.17) is 23.2 Å². The SMILES string of the molecule is CC1(C)CC(=O)C2=C(C1)N(c1cccc(Cl)c1Cl)C(=O)CC2c1cccc(F)c1. The van der Waals surface area contributed by atoms with Gasteiger partial charge < -0.3 is 0 Å². The Bertz CT molecular complexity index is 1060. The van der Waals surface area contributed by atoms with Gasteiger partial charge in [-0.2, -0.15) is 0 Å². The van der Waals surface area contributed by atoms with E-state index in [1.54, 1.807) is 30.3 Å². The van der Waals surface area contributed by atoms with E-state index < -0.39 is 5.92 Å². The first-order valence-corrected chi connectivity index (χ1v) is 10.2. The van der Waals surface area contributed by atoms with Crippen LogP contribution in [0.15, 0.2) is 53.7 Å². The lowest BCUT2D eigenvalue weighted by Crippen LogP contribution is -2.43. The van der Waals surface area contributed by atoms with Gasteiger partial charge in [0.05, 0.1) is 15.7 Å². The molecule has 2 aliphatic rings. The number of nitrogens with zero attached hydrogens (tertiary/aromatic N) is 1. The maximum absolute atomic E-state index is 13.9. The summed E-state index contributed by atoms with van der Waals surface area (Å²) in [6, 6.07) is 11.2. The normalized spacial score (nSPS) is 21.4. The van der Waals surface area contributed by atoms with Crippen LogP contribution in [0.3, 0.4) is 0 Å². The largest absolute Gasteiger partial charge is 0.294 e. The van der Waals surface area contributed by atoms with E-state index >= 15 is 0 Å². The highest BCUT2D eigenvalue weighted by Crippen LogP contribution is 2.49. The molecule has 0 saturated carbocycles. The number of carbonyl (C=O) groups is 2. The number of anilines is 1. The Morgan fingerprint density at radius 3 is 2.52 bits per heavy atom. The minimum Gasteiger partial charge on any atom is -0.294 e. The van der Waals surface area contributed by atoms with Gasteiger partial charge in [-0.15, -0.1) is 0 Å². The monoisotopic (exact) mass is 431 g/mol. The Hall–Kier alpha value is -2.17. The summed E-state index contributed by atoms with van der Waals surface area (Å²) in [7, 11) is 0. The summed E-state index contributed by atoms with van der Waals surface area (Å²) >= 11 is 12.6. The molecule has 0 fully saturated rings. The average Bonchev–Trinajstić information content (AvgIpc) is 2.63. The highest BCUT2D eigenvalue weighted by Gasteiger charge is 2.44. The van der Waals surface area contributed by atoms with Crippen LogP contribution in [0, 0.1) is 11.2 Å². The molecule has 1 aliphatic heterocycles. The van der Waals surface area contributed by atoms with Gasteiger partial charge in [-0.3, -0.25) is 14.5 Å². The zero-order valence-corrected chi connectivity index (χ0v) is 17.6. The number of ketones is 1. The van der Waals surface area contributed by atoms with E-state index in [2.05, 4.69) is 0 Å². The van der Waals surface area contributed by atoms with Crippen LogP contribution in [-0.4, -0.2) is 11.7 Å². The summed E-state index contributed by atoms with van der Waals surface area (Å²) in [5, 5.41) is 0.613. The molecule has 0 saturated heterocycles. The summed E-state index contributed by atoms with van der Waals surface area (Å²) in [6.07, 6.45) is 0.981. The zero-order chi connectivity index (χ0) is 20.9. The highest BCUT2D eigenvalue weighted by molar-refractivity contribution is 6.44. The van der Waals surface area contributed by atoms with Crippen LogP contribution in [0.25, 0.3) is 0 Å². The number of rotatable bonds is 2. The van der Waals surface area contributed by atoms with E-state index in [0.717, 1.165) is 0 Å². The van der Waals surface area contributed by atoms with Crippen LogP contribution in [0.2, 0.25) is 10.0 Å². The van der Waals surface area contributed by atoms with Gasteiger partial charge in [0.25, 0.3) is 0 Å². The fourth-order valence-electron chi connectivity index (χ4n) is 4.37. The fourth-order valence-corrected chi connectivity index (χ4v) is 4.75. The number of Topliss-reactive ketones (excluding diaryl/α,β-unsaturated/α-hetero) is 1. The summed E-state index contributed by atoms with van der Waals surface area (Å²) in [5.74, 6) is -1.05. The molecular weight excluding hydrogens is 412 g/mol. The topological polar surface area (TPSA) is 37.4 Å². The summed E-state index contributed by atoms with van der Waals surface area (Å²) in [4.78, 5) is 28.0. The van der Waals surface area contributed by atoms with Gasteiger partial charge in [0.15, 0.2) is 5.78 Å². The molecule has 3 nitrogen and oxygen atoms in total. The van der Waals surface area contributed by atoms with E-state index in [1.807, 2.05) is 13.8 Å². The number of hydrogen-bond donors (Lipinski definition) is 0. The molecule has 1 aliphatic carbocycles. The molecule has 4 rings (SSSR count). The molecular formula is C23H20Cl2FNO2. The lowest BCUT2D eigenvalue weighted by molar-refractivity contribution is -0.121. The van der Waals surface area contributed by atoms with Gasteiger partial charge in [-0.25, -0.2) is 4.39 Å². The first-order chi connectivity index (χ1) is 13.7. The van der Waals surface area contributed by atoms with Crippen molar-refractivity contribution in [3.63, 3.8) is 0 Å². The Balaban J connectivity index is 1.94. The minimum atomic E-state index is -0.467. The van der Waals surface area contributed by atoms with Crippen molar-refractivity contribution in [3.8, 4) is 0 Å². The standard InChI is InChI=1S/C23H20Cl2FNO2/c1-23(2)11-18-21(19(28)12-23)15(13-5-3-6-14(26)9-13)10-20(29)27(18)17-8-4-7-16(24)22(17)25/h3-9,15H,10-12H2,1-2H3. The number of allylic oxidation sites excluding steroid dienone is 2. The van der Waals surface area contributed by atoms with E-state index in [9.17, 15) is 14.0 Å². The van der Waals surface area contributed by atoms with Crippen LogP contribution >= 0.6 is 23.2 Å². The van der Waals surface area contributed by atoms with Gasteiger partial charge >= 0.3 is 0 Å². The van der Waals surface area contributed by atoms with Crippen molar-refractivity contribution in [3.05, 3.63) is 75.2 Å². The first-order valence-electron chi connectivity index (χ1n) is 9.46. The summed E-state index contributed by atoms with van der Waals surface area (Å²) < 4.78 is 13.9. The Labute approximate surface area is 179 Å². The molecule has 1 atom stereocenters. The second kappa shape index (κ2) is 7.26. The third kappa shape index (κ3) is 3.60. The van der Waals surface area contributed by atoms with Crippen molar-refractivity contribution in [2.75, 3.05) is 4.90 Å². The van der Waals surface area contributed by atoms with Crippen LogP contribution in [0.4, 0.5) is 10.1 Å². The molecule has 1 unspecified atom stereocenters. The average molecular weight is 432 g/mol. The molecule has 2 aromatic carbocycles. The van der Waals surface area contributed by atoms with Crippen LogP contribution in [0.5, 0.6) is 0 Å². The van der Waals surface area contributed by atoms with Crippen molar-refractivity contribution in [1.82, 2.24) is 0 Å². The molecule has 2 aromatic rings. The molecule has 29 heavy (non-hydrogen) atoms. The highest BCUT2D eigenvalue weighted by atomic mass is 35.5. The van der Waals surface area contributed by atoms with Gasteiger partial charge in [-0.05, 0) is 41.7 Å². The second-order valence-corrected chi connectivity index (χ2v) is 9.20. The molecule has 0 spiro atoms. The Kier molecular flexibility index (Phi) is 5.04. The van der Waals surface area contributed by atoms with E-state index in [-0.39, 0.29) is 34.4 Å². The number of carbonyl (C=O) groups excluding carboxylic acids is 2. The van der Waals surface area contributed by atoms with Crippen LogP contribution in [0.1, 0.15) is 44.6 Å². The predicted octanol–water partition coefficient (Wildman–Crippen LogP) is 6.30. The van der Waals surface area contributed by atoms with Gasteiger partial charge in [0, 0.05) is 30.0 Å². The van der Waals surface area contributed by atoms with Crippen molar-refractivity contribution in [2.24, 2.45) is 5.41 Å². The quantitative estimate of drug-likeness (QED) is 0.559. The third-order valence-electron chi connectivity index (χ3n) is 5.57. The maximum Gasteiger partial charge on any atom is 0.232 e. The fraction of sp³-hybridized carbons (Fsp3) is 0.304. The van der Waals surface area contributed by atoms with Crippen molar-refractivity contribution < 1.29 is 14.0 Å². The van der Waals surface area contributed by atoms with E-state index in [1.165, 1.54) is 17.0 Å². The lowest BCUT2D eigenvalue weighted by Gasteiger charge is -2.43. The molecule has 150 valence electrons. The van der Waals surface area contributed by atoms with Crippen LogP contribution in [-0.2, 0) is 9.59 Å². The number of hydrogen-bond acceptors (Lipinski definition) is 2. The second-order valence-electron chi connectivity index (χ2n) is 8.42. The van der Waals surface area contributed by atoms with E-state index in [0.29, 0.717) is 40.4 Å². The number of amides is 1. The van der Waals surface area contributed by atoms with Gasteiger partial charge in [0.1, 0.15) is 5.82 Å². The first kappa shape index (κ1) is 20.1. The zero-order valence-electron chi connectivity index (χ0n) is 16.1. The smallest absolute Gasteiger partial charge is 0.232 e. The van der Waals surface area contributed by atoms with Crippen molar-refractivity contribution >= 4 is 40.6 Å². The molecule has 0 radical (unpaired) electrons. The molecule has 1 heterocycles. The Morgan fingerprint density at radius 2 is 1.79 bits per heavy atom. The summed E-state index contributed by atoms with van der Waals surface area (Å²) in [5.41, 5.74) is 2.02. The van der Waals surface area contributed by atoms with Crippen LogP contribution < -0.4 is 4.90 Å². The Morgan fingerprint density at radius 1 is 1.07 bits per heavy atom. The number of halogens is 3. The molecule has 0 aromatic heterocycles. The van der Waals surface area contributed by atoms with Gasteiger partial charge in [0.2, 0.25) is 5.91 Å². The predicted molar refractivity (Wildman–Crippen MR) is 113 cm³/mol. The minimum absolute atomic E-state index is 0.0128. The molecule has 6 heteroatoms. The maximum atomic E-state index is 13.9.